The van der Waals surface area contributed by atoms with Gasteiger partial charge in [0.1, 0.15) is 0 Å². The van der Waals surface area contributed by atoms with E-state index in [1.54, 1.807) is 29.7 Å². The number of ether oxygens (including phenoxy) is 1. The Bertz CT molecular complexity index is 642. The van der Waals surface area contributed by atoms with Crippen molar-refractivity contribution in [2.24, 2.45) is 4.99 Å². The Labute approximate surface area is 143 Å². The third-order valence-electron chi connectivity index (χ3n) is 3.62. The zero-order valence-electron chi connectivity index (χ0n) is 13.3. The number of hydrogen-bond acceptors (Lipinski definition) is 9. The van der Waals surface area contributed by atoms with Crippen LogP contribution in [0.5, 0.6) is 0 Å². The summed E-state index contributed by atoms with van der Waals surface area (Å²) in [5.41, 5.74) is 1.64. The van der Waals surface area contributed by atoms with Gasteiger partial charge in [0.25, 0.3) is 0 Å². The zero-order chi connectivity index (χ0) is 16.4. The number of thiazole rings is 1. The maximum Gasteiger partial charge on any atom is 0.337 e. The van der Waals surface area contributed by atoms with Crippen LogP contribution in [-0.4, -0.2) is 66.3 Å². The van der Waals surface area contributed by atoms with Crippen LogP contribution < -0.4 is 4.72 Å². The number of methoxy groups -OCH3 is 1. The molecule has 3 rings (SSSR count). The van der Waals surface area contributed by atoms with E-state index in [2.05, 4.69) is 19.6 Å². The Morgan fingerprint density at radius 1 is 1.57 bits per heavy atom. The molecule has 2 aliphatic heterocycles. The molecule has 1 N–H and O–H groups in total. The van der Waals surface area contributed by atoms with E-state index >= 15 is 0 Å². The van der Waals surface area contributed by atoms with Gasteiger partial charge in [-0.2, -0.15) is 0 Å². The summed E-state index contributed by atoms with van der Waals surface area (Å²) < 4.78 is 10.3. The van der Waals surface area contributed by atoms with Crippen LogP contribution >= 0.6 is 23.5 Å². The molecule has 3 heterocycles. The first kappa shape index (κ1) is 16.4. The quantitative estimate of drug-likeness (QED) is 0.628. The van der Waals surface area contributed by atoms with Crippen LogP contribution in [0.3, 0.4) is 0 Å². The number of nitrogens with zero attached hydrogens (tertiary/aromatic N) is 4. The van der Waals surface area contributed by atoms with Gasteiger partial charge in [0.05, 0.1) is 19.2 Å². The van der Waals surface area contributed by atoms with E-state index in [1.807, 2.05) is 23.8 Å². The SMILES string of the molecule is COC(=O)C1=C2C[C@H](NSN(C)C)CN2C(c2nccs2)=NC1. The molecule has 2 aliphatic rings. The summed E-state index contributed by atoms with van der Waals surface area (Å²) in [5.74, 6) is 0.551. The minimum absolute atomic E-state index is 0.236. The van der Waals surface area contributed by atoms with Crippen molar-refractivity contribution in [3.8, 4) is 0 Å². The topological polar surface area (TPSA) is 70.1 Å². The van der Waals surface area contributed by atoms with Crippen LogP contribution in [0, 0.1) is 0 Å². The van der Waals surface area contributed by atoms with Gasteiger partial charge in [0.2, 0.25) is 0 Å². The number of aliphatic imine (C=N–C) groups is 1. The van der Waals surface area contributed by atoms with Crippen LogP contribution in [0.15, 0.2) is 27.8 Å². The number of aromatic nitrogens is 1. The van der Waals surface area contributed by atoms with Crippen LogP contribution in [-0.2, 0) is 9.53 Å². The monoisotopic (exact) mass is 353 g/mol. The van der Waals surface area contributed by atoms with Crippen molar-refractivity contribution in [1.82, 2.24) is 18.9 Å². The van der Waals surface area contributed by atoms with Crippen molar-refractivity contribution < 1.29 is 9.53 Å². The molecule has 0 radical (unpaired) electrons. The maximum absolute atomic E-state index is 12.1. The number of carbonyl (C=O) groups is 1. The number of hydrogen-bond donors (Lipinski definition) is 1. The van der Waals surface area contributed by atoms with E-state index in [0.29, 0.717) is 12.1 Å². The van der Waals surface area contributed by atoms with Gasteiger partial charge in [0.15, 0.2) is 10.8 Å². The first-order chi connectivity index (χ1) is 11.1. The minimum Gasteiger partial charge on any atom is -0.466 e. The third kappa shape index (κ3) is 3.42. The van der Waals surface area contributed by atoms with E-state index in [1.165, 1.54) is 7.11 Å². The molecular formula is C14H19N5O2S2. The second-order valence-corrected chi connectivity index (χ2v) is 7.47. The Hall–Kier alpha value is -1.42. The molecule has 0 amide bonds. The minimum atomic E-state index is -0.298. The first-order valence-electron chi connectivity index (χ1n) is 7.22. The summed E-state index contributed by atoms with van der Waals surface area (Å²) in [6.45, 7) is 1.11. The van der Waals surface area contributed by atoms with Crippen molar-refractivity contribution in [2.75, 3.05) is 34.3 Å². The van der Waals surface area contributed by atoms with Crippen molar-refractivity contribution in [1.29, 1.82) is 0 Å². The predicted octanol–water partition coefficient (Wildman–Crippen LogP) is 1.12. The van der Waals surface area contributed by atoms with E-state index in [4.69, 9.17) is 4.74 Å². The number of nitrogens with one attached hydrogen (secondary N) is 1. The Morgan fingerprint density at radius 2 is 2.39 bits per heavy atom. The molecule has 1 aromatic rings. The molecule has 0 unspecified atom stereocenters. The molecule has 23 heavy (non-hydrogen) atoms. The normalized spacial score (nSPS) is 20.8. The van der Waals surface area contributed by atoms with Gasteiger partial charge < -0.3 is 9.64 Å². The highest BCUT2D eigenvalue weighted by Gasteiger charge is 2.37. The third-order valence-corrected chi connectivity index (χ3v) is 5.19. The molecule has 1 saturated heterocycles. The average Bonchev–Trinajstić information content (AvgIpc) is 3.20. The number of esters is 1. The van der Waals surface area contributed by atoms with E-state index < -0.39 is 0 Å². The second-order valence-electron chi connectivity index (χ2n) is 5.43. The van der Waals surface area contributed by atoms with Gasteiger partial charge in [-0.1, -0.05) is 0 Å². The summed E-state index contributed by atoms with van der Waals surface area (Å²) in [4.78, 5) is 23.1. The van der Waals surface area contributed by atoms with Crippen molar-refractivity contribution in [2.45, 2.75) is 12.5 Å². The average molecular weight is 353 g/mol. The molecule has 0 aromatic carbocycles. The summed E-state index contributed by atoms with van der Waals surface area (Å²) in [6, 6.07) is 0.236. The van der Waals surface area contributed by atoms with Crippen molar-refractivity contribution in [3.05, 3.63) is 27.9 Å². The molecule has 0 spiro atoms. The van der Waals surface area contributed by atoms with Crippen molar-refractivity contribution >= 4 is 35.3 Å². The number of rotatable bonds is 5. The molecule has 1 aromatic heterocycles. The summed E-state index contributed by atoms with van der Waals surface area (Å²) in [7, 11) is 5.38. The van der Waals surface area contributed by atoms with Gasteiger partial charge in [-0.05, 0) is 14.1 Å². The Kier molecular flexibility index (Phi) is 5.00. The van der Waals surface area contributed by atoms with Gasteiger partial charge in [-0.15, -0.1) is 11.3 Å². The molecule has 7 nitrogen and oxygen atoms in total. The molecule has 9 heteroatoms. The van der Waals surface area contributed by atoms with Gasteiger partial charge >= 0.3 is 5.97 Å². The van der Waals surface area contributed by atoms with Crippen molar-refractivity contribution in [3.63, 3.8) is 0 Å². The first-order valence-corrected chi connectivity index (χ1v) is 8.87. The second kappa shape index (κ2) is 7.00. The van der Waals surface area contributed by atoms with E-state index in [9.17, 15) is 4.79 Å². The number of carbonyl (C=O) groups excluding carboxylic acids is 1. The Balaban J connectivity index is 1.86. The lowest BCUT2D eigenvalue weighted by molar-refractivity contribution is -0.136. The molecule has 1 fully saturated rings. The maximum atomic E-state index is 12.1. The molecule has 0 bridgehead atoms. The fourth-order valence-electron chi connectivity index (χ4n) is 2.65. The molecule has 124 valence electrons. The van der Waals surface area contributed by atoms with Crippen LogP contribution in [0.25, 0.3) is 0 Å². The smallest absolute Gasteiger partial charge is 0.337 e. The Morgan fingerprint density at radius 3 is 3.04 bits per heavy atom. The van der Waals surface area contributed by atoms with E-state index in [-0.39, 0.29) is 12.0 Å². The summed E-state index contributed by atoms with van der Waals surface area (Å²) >= 11 is 3.11. The molecule has 1 atom stereocenters. The summed E-state index contributed by atoms with van der Waals surface area (Å²) in [5, 5.41) is 2.82. The highest BCUT2D eigenvalue weighted by molar-refractivity contribution is 7.95. The fourth-order valence-corrected chi connectivity index (χ4v) is 3.82. The lowest BCUT2D eigenvalue weighted by Gasteiger charge is -2.26. The molecular weight excluding hydrogens is 334 g/mol. The lowest BCUT2D eigenvalue weighted by atomic mass is 10.1. The lowest BCUT2D eigenvalue weighted by Crippen LogP contribution is -2.36. The van der Waals surface area contributed by atoms with Gasteiger partial charge in [-0.3, -0.25) is 4.99 Å². The van der Waals surface area contributed by atoms with Gasteiger partial charge in [-0.25, -0.2) is 18.8 Å². The van der Waals surface area contributed by atoms with Crippen LogP contribution in [0.2, 0.25) is 0 Å². The molecule has 0 saturated carbocycles. The molecule has 0 aliphatic carbocycles. The zero-order valence-corrected chi connectivity index (χ0v) is 14.9. The highest BCUT2D eigenvalue weighted by Crippen LogP contribution is 2.32. The van der Waals surface area contributed by atoms with Gasteiger partial charge in [0, 0.05) is 48.4 Å². The van der Waals surface area contributed by atoms with E-state index in [0.717, 1.165) is 29.5 Å². The number of fused-ring (bicyclic) bond motifs is 1. The summed E-state index contributed by atoms with van der Waals surface area (Å²) in [6.07, 6.45) is 2.55. The largest absolute Gasteiger partial charge is 0.466 e. The predicted molar refractivity (Wildman–Crippen MR) is 92.1 cm³/mol. The highest BCUT2D eigenvalue weighted by atomic mass is 32.2. The standard InChI is InChI=1S/C14H19N5O2S2/c1-18(2)23-17-9-6-11-10(14(20)21-3)7-16-12(19(11)8-9)13-15-4-5-22-13/h4-5,9,17H,6-8H2,1-3H3/t9-/m0/s1. The van der Waals surface area contributed by atoms with Crippen LogP contribution in [0.4, 0.5) is 0 Å². The fraction of sp³-hybridized carbons (Fsp3) is 0.500. The van der Waals surface area contributed by atoms with Crippen LogP contribution in [0.1, 0.15) is 11.4 Å². The number of amidine groups is 1.